The minimum absolute atomic E-state index is 0.0966. The third-order valence-corrected chi connectivity index (χ3v) is 6.20. The summed E-state index contributed by atoms with van der Waals surface area (Å²) in [6, 6.07) is 10.4. The van der Waals surface area contributed by atoms with Crippen LogP contribution in [0, 0.1) is 0 Å². The summed E-state index contributed by atoms with van der Waals surface area (Å²) >= 11 is 1.34. The van der Waals surface area contributed by atoms with Gasteiger partial charge in [0.2, 0.25) is 11.8 Å². The summed E-state index contributed by atoms with van der Waals surface area (Å²) in [5.41, 5.74) is 3.85. The zero-order valence-corrected chi connectivity index (χ0v) is 17.7. The molecule has 4 rings (SSSR count). The van der Waals surface area contributed by atoms with Crippen molar-refractivity contribution in [1.82, 2.24) is 20.3 Å². The molecule has 0 radical (unpaired) electrons. The molecular weight excluding hydrogens is 420 g/mol. The fourth-order valence-electron chi connectivity index (χ4n) is 3.36. The number of fused-ring (bicyclic) bond motifs is 1. The number of nitrogens with zero attached hydrogens (tertiary/aromatic N) is 3. The molecule has 0 atom stereocenters. The highest BCUT2D eigenvalue weighted by Crippen LogP contribution is 2.29. The largest absolute Gasteiger partial charge is 0.481 e. The molecule has 3 heterocycles. The molecule has 9 nitrogen and oxygen atoms in total. The maximum atomic E-state index is 13.0. The first-order valence-corrected chi connectivity index (χ1v) is 10.3. The van der Waals surface area contributed by atoms with Crippen LogP contribution >= 0.6 is 11.3 Å². The van der Waals surface area contributed by atoms with Gasteiger partial charge in [-0.25, -0.2) is 5.48 Å². The predicted octanol–water partition coefficient (Wildman–Crippen LogP) is 2.54. The normalized spacial score (nSPS) is 12.8. The summed E-state index contributed by atoms with van der Waals surface area (Å²) in [6.45, 7) is 0.978. The highest BCUT2D eigenvalue weighted by molar-refractivity contribution is 7.14. The van der Waals surface area contributed by atoms with Crippen LogP contribution in [0.5, 0.6) is 11.8 Å². The first kappa shape index (κ1) is 20.8. The van der Waals surface area contributed by atoms with E-state index in [1.807, 2.05) is 0 Å². The summed E-state index contributed by atoms with van der Waals surface area (Å²) in [5, 5.41) is 8.82. The van der Waals surface area contributed by atoms with E-state index in [9.17, 15) is 9.59 Å². The molecule has 0 unspecified atom stereocenters. The van der Waals surface area contributed by atoms with E-state index in [1.165, 1.54) is 25.6 Å². The van der Waals surface area contributed by atoms with E-state index in [4.69, 9.17) is 14.7 Å². The molecule has 1 aromatic carbocycles. The number of carbonyl (C=O) groups is 2. The van der Waals surface area contributed by atoms with Crippen LogP contribution in [0.3, 0.4) is 0 Å². The van der Waals surface area contributed by atoms with Gasteiger partial charge in [-0.15, -0.1) is 11.3 Å². The Morgan fingerprint density at radius 2 is 1.77 bits per heavy atom. The minimum atomic E-state index is -0.538. The van der Waals surface area contributed by atoms with Crippen molar-refractivity contribution in [1.29, 1.82) is 0 Å². The van der Waals surface area contributed by atoms with Gasteiger partial charge in [0.05, 0.1) is 25.2 Å². The summed E-state index contributed by atoms with van der Waals surface area (Å²) in [5.74, 6) is 0.572. The number of hydroxylamine groups is 1. The average Bonchev–Trinajstić information content (AvgIpc) is 3.26. The van der Waals surface area contributed by atoms with Crippen molar-refractivity contribution in [2.75, 3.05) is 20.8 Å². The molecule has 0 fully saturated rings. The van der Waals surface area contributed by atoms with Gasteiger partial charge in [0.15, 0.2) is 5.82 Å². The van der Waals surface area contributed by atoms with E-state index < -0.39 is 5.91 Å². The molecule has 2 aromatic heterocycles. The third-order valence-electron chi connectivity index (χ3n) is 4.97. The van der Waals surface area contributed by atoms with Crippen LogP contribution < -0.4 is 15.0 Å². The van der Waals surface area contributed by atoms with Crippen molar-refractivity contribution in [3.05, 3.63) is 57.3 Å². The molecule has 1 aliphatic rings. The highest BCUT2D eigenvalue weighted by atomic mass is 32.1. The van der Waals surface area contributed by atoms with Gasteiger partial charge in [0.25, 0.3) is 11.8 Å². The van der Waals surface area contributed by atoms with Crippen LogP contribution in [0.25, 0.3) is 11.4 Å². The monoisotopic (exact) mass is 440 g/mol. The lowest BCUT2D eigenvalue weighted by atomic mass is 10.1. The van der Waals surface area contributed by atoms with E-state index in [0.717, 1.165) is 16.0 Å². The topological polar surface area (TPSA) is 114 Å². The molecule has 0 saturated heterocycles. The Morgan fingerprint density at radius 1 is 1.10 bits per heavy atom. The number of nitrogens with one attached hydrogen (secondary N) is 1. The van der Waals surface area contributed by atoms with Crippen LogP contribution in [-0.4, -0.2) is 52.7 Å². The number of rotatable bonds is 5. The first-order valence-electron chi connectivity index (χ1n) is 9.45. The lowest BCUT2D eigenvalue weighted by Crippen LogP contribution is -2.35. The van der Waals surface area contributed by atoms with Crippen LogP contribution in [-0.2, 0) is 13.0 Å². The average molecular weight is 440 g/mol. The van der Waals surface area contributed by atoms with E-state index >= 15 is 0 Å². The lowest BCUT2D eigenvalue weighted by Gasteiger charge is -2.27. The molecule has 0 saturated carbocycles. The number of carbonyl (C=O) groups excluding carboxylic acids is 2. The fraction of sp³-hybridized carbons (Fsp3) is 0.238. The first-order chi connectivity index (χ1) is 15.0. The SMILES string of the molecule is COc1cc(OC)nc(-c2ccc(C(=O)N3CCc4sc(C(=O)NO)cc4C3)cc2)n1. The van der Waals surface area contributed by atoms with Crippen molar-refractivity contribution in [3.63, 3.8) is 0 Å². The Balaban J connectivity index is 1.51. The van der Waals surface area contributed by atoms with Gasteiger partial charge >= 0.3 is 0 Å². The van der Waals surface area contributed by atoms with Gasteiger partial charge in [0.1, 0.15) is 0 Å². The van der Waals surface area contributed by atoms with Crippen LogP contribution in [0.15, 0.2) is 36.4 Å². The number of methoxy groups -OCH3 is 2. The maximum Gasteiger partial charge on any atom is 0.284 e. The standard InChI is InChI=1S/C21H20N4O5S/c1-29-17-10-18(30-2)23-19(22-17)12-3-5-13(6-4-12)21(27)25-8-7-15-14(11-25)9-16(31-15)20(26)24-28/h3-6,9-10,28H,7-8,11H2,1-2H3,(H,24,26). The Hall–Kier alpha value is -3.50. The number of aromatic nitrogens is 2. The second-order valence-electron chi connectivity index (χ2n) is 6.83. The Kier molecular flexibility index (Phi) is 5.83. The zero-order chi connectivity index (χ0) is 22.0. The highest BCUT2D eigenvalue weighted by Gasteiger charge is 2.25. The molecule has 2 N–H and O–H groups in total. The van der Waals surface area contributed by atoms with Crippen LogP contribution in [0.2, 0.25) is 0 Å². The number of hydrogen-bond donors (Lipinski definition) is 2. The van der Waals surface area contributed by atoms with Gasteiger partial charge in [-0.1, -0.05) is 12.1 Å². The summed E-state index contributed by atoms with van der Waals surface area (Å²) in [7, 11) is 3.04. The number of ether oxygens (including phenoxy) is 2. The maximum absolute atomic E-state index is 13.0. The van der Waals surface area contributed by atoms with E-state index in [0.29, 0.717) is 47.5 Å². The van der Waals surface area contributed by atoms with Crippen molar-refractivity contribution in [2.24, 2.45) is 0 Å². The number of thiophene rings is 1. The molecule has 0 spiro atoms. The molecule has 1 aliphatic heterocycles. The lowest BCUT2D eigenvalue weighted by molar-refractivity contribution is 0.0710. The van der Waals surface area contributed by atoms with Crippen molar-refractivity contribution in [2.45, 2.75) is 13.0 Å². The summed E-state index contributed by atoms with van der Waals surface area (Å²) < 4.78 is 10.4. The molecule has 0 bridgehead atoms. The fourth-order valence-corrected chi connectivity index (χ4v) is 4.41. The molecule has 31 heavy (non-hydrogen) atoms. The van der Waals surface area contributed by atoms with Crippen molar-refractivity contribution < 1.29 is 24.3 Å². The van der Waals surface area contributed by atoms with Crippen LogP contribution in [0.1, 0.15) is 30.5 Å². The predicted molar refractivity (Wildman–Crippen MR) is 113 cm³/mol. The second kappa shape index (κ2) is 8.70. The number of hydrogen-bond acceptors (Lipinski definition) is 8. The van der Waals surface area contributed by atoms with Crippen LogP contribution in [0.4, 0.5) is 0 Å². The van der Waals surface area contributed by atoms with Crippen molar-refractivity contribution in [3.8, 4) is 23.1 Å². The smallest absolute Gasteiger partial charge is 0.284 e. The molecule has 3 aromatic rings. The van der Waals surface area contributed by atoms with Gasteiger partial charge in [-0.05, 0) is 30.2 Å². The van der Waals surface area contributed by atoms with Gasteiger partial charge < -0.3 is 14.4 Å². The number of amides is 2. The third kappa shape index (κ3) is 4.21. The molecule has 2 amide bonds. The Morgan fingerprint density at radius 3 is 2.39 bits per heavy atom. The molecule has 0 aliphatic carbocycles. The molecule has 10 heteroatoms. The molecular formula is C21H20N4O5S. The second-order valence-corrected chi connectivity index (χ2v) is 7.97. The summed E-state index contributed by atoms with van der Waals surface area (Å²) in [4.78, 5) is 36.5. The Labute approximate surface area is 182 Å². The minimum Gasteiger partial charge on any atom is -0.481 e. The van der Waals surface area contributed by atoms with E-state index in [1.54, 1.807) is 46.8 Å². The van der Waals surface area contributed by atoms with Gasteiger partial charge in [-0.3, -0.25) is 14.8 Å². The quantitative estimate of drug-likeness (QED) is 0.463. The number of benzene rings is 1. The van der Waals surface area contributed by atoms with E-state index in [-0.39, 0.29) is 5.91 Å². The van der Waals surface area contributed by atoms with Crippen molar-refractivity contribution >= 4 is 23.2 Å². The van der Waals surface area contributed by atoms with Gasteiger partial charge in [-0.2, -0.15) is 9.97 Å². The Bertz CT molecular complexity index is 1110. The van der Waals surface area contributed by atoms with E-state index in [2.05, 4.69) is 9.97 Å². The summed E-state index contributed by atoms with van der Waals surface area (Å²) in [6.07, 6.45) is 0.667. The van der Waals surface area contributed by atoms with Gasteiger partial charge in [0, 0.05) is 29.1 Å². The molecule has 160 valence electrons. The zero-order valence-electron chi connectivity index (χ0n) is 16.9.